The number of nitrogens with one attached hydrogen (secondary N) is 2. The predicted molar refractivity (Wildman–Crippen MR) is 48.0 cm³/mol. The van der Waals surface area contributed by atoms with Crippen molar-refractivity contribution in [2.24, 2.45) is 0 Å². The summed E-state index contributed by atoms with van der Waals surface area (Å²) in [4.78, 5) is 10.6. The fourth-order valence-electron chi connectivity index (χ4n) is 0.688. The van der Waals surface area contributed by atoms with Crippen LogP contribution in [0.3, 0.4) is 0 Å². The molecule has 1 aliphatic rings. The number of nitrogens with zero attached hydrogens (tertiary/aromatic N) is 1. The van der Waals surface area contributed by atoms with Crippen LogP contribution in [0.4, 0.5) is 0 Å². The van der Waals surface area contributed by atoms with Crippen LogP contribution in [0, 0.1) is 6.26 Å². The lowest BCUT2D eigenvalue weighted by molar-refractivity contribution is -0.119. The van der Waals surface area contributed by atoms with E-state index in [-0.39, 0.29) is 11.4 Å². The summed E-state index contributed by atoms with van der Waals surface area (Å²) in [5.41, 5.74) is 0.00162. The molecule has 1 fully saturated rings. The molecule has 0 spiro atoms. The Morgan fingerprint density at radius 3 is 3.18 bits per heavy atom. The highest BCUT2D eigenvalue weighted by Gasteiger charge is 2.22. The number of rotatable bonds is 2. The summed E-state index contributed by atoms with van der Waals surface area (Å²) in [5.74, 6) is -0.0223. The van der Waals surface area contributed by atoms with Crippen LogP contribution in [-0.2, 0) is 4.79 Å². The normalized spacial score (nSPS) is 25.5. The minimum Gasteiger partial charge on any atom is -0.331 e. The van der Waals surface area contributed by atoms with Gasteiger partial charge in [-0.25, -0.2) is 0 Å². The molecular formula is C5H10N3OS2. The quantitative estimate of drug-likeness (QED) is 0.618. The van der Waals surface area contributed by atoms with E-state index in [0.717, 1.165) is 6.67 Å². The molecule has 1 radical (unpaired) electrons. The molecule has 0 aromatic carbocycles. The number of hydrogen-bond acceptors (Lipinski definition) is 5. The molecule has 1 amide bonds. The van der Waals surface area contributed by atoms with Crippen molar-refractivity contribution < 1.29 is 4.79 Å². The Hall–Kier alpha value is 0.0900. The predicted octanol–water partition coefficient (Wildman–Crippen LogP) is 0.357. The molecule has 0 aromatic rings. The summed E-state index contributed by atoms with van der Waals surface area (Å²) < 4.78 is 1.96. The zero-order valence-corrected chi connectivity index (χ0v) is 7.80. The first-order chi connectivity index (χ1) is 5.22. The van der Waals surface area contributed by atoms with Gasteiger partial charge in [-0.1, -0.05) is 11.9 Å². The van der Waals surface area contributed by atoms with Crippen LogP contribution in [0.25, 0.3) is 0 Å². The summed E-state index contributed by atoms with van der Waals surface area (Å²) in [7, 11) is 0. The topological polar surface area (TPSA) is 44.4 Å². The van der Waals surface area contributed by atoms with Crippen molar-refractivity contribution in [3.63, 3.8) is 0 Å². The summed E-state index contributed by atoms with van der Waals surface area (Å²) in [5, 5.41) is 5.82. The highest BCUT2D eigenvalue weighted by atomic mass is 32.2. The van der Waals surface area contributed by atoms with E-state index < -0.39 is 0 Å². The van der Waals surface area contributed by atoms with Crippen LogP contribution in [-0.4, -0.2) is 21.8 Å². The molecule has 1 saturated heterocycles. The molecular weight excluding hydrogens is 182 g/mol. The Bertz CT molecular complexity index is 155. The summed E-state index contributed by atoms with van der Waals surface area (Å²) in [6, 6.07) is 0. The van der Waals surface area contributed by atoms with Gasteiger partial charge in [-0.05, 0) is 11.9 Å². The van der Waals surface area contributed by atoms with Crippen LogP contribution in [0.1, 0.15) is 6.92 Å². The third-order valence-electron chi connectivity index (χ3n) is 1.11. The van der Waals surface area contributed by atoms with Gasteiger partial charge in [-0.3, -0.25) is 10.1 Å². The molecule has 1 heterocycles. The smallest absolute Gasteiger partial charge is 0.218 e. The van der Waals surface area contributed by atoms with Crippen molar-refractivity contribution in [1.82, 2.24) is 14.3 Å². The maximum atomic E-state index is 10.6. The molecule has 0 bridgehead atoms. The van der Waals surface area contributed by atoms with Crippen LogP contribution in [0.15, 0.2) is 0 Å². The molecule has 1 unspecified atom stereocenters. The Labute approximate surface area is 74.7 Å². The summed E-state index contributed by atoms with van der Waals surface area (Å²) in [6.45, 7) is 2.24. The molecule has 0 saturated carbocycles. The first-order valence-corrected chi connectivity index (χ1v) is 4.87. The first-order valence-electron chi connectivity index (χ1n) is 3.09. The highest BCUT2D eigenvalue weighted by Crippen LogP contribution is 2.26. The average molecular weight is 192 g/mol. The first kappa shape index (κ1) is 9.18. The van der Waals surface area contributed by atoms with E-state index >= 15 is 0 Å². The molecule has 0 aromatic heterocycles. The van der Waals surface area contributed by atoms with Crippen molar-refractivity contribution >= 4 is 29.8 Å². The molecule has 0 aliphatic carbocycles. The van der Waals surface area contributed by atoms with E-state index in [1.165, 1.54) is 30.8 Å². The van der Waals surface area contributed by atoms with Crippen molar-refractivity contribution in [3.8, 4) is 0 Å². The van der Waals surface area contributed by atoms with E-state index in [1.54, 1.807) is 0 Å². The highest BCUT2D eigenvalue weighted by molar-refractivity contribution is 8.12. The molecule has 1 atom stereocenters. The third-order valence-corrected chi connectivity index (χ3v) is 2.96. The number of carbonyl (C=O) groups is 1. The Balaban J connectivity index is 2.24. The largest absolute Gasteiger partial charge is 0.331 e. The standard InChI is InChI=1S/C5H10N3OS2/c1-4(9)7-5-6-3-8(10-2)11-5/h5-6H,2-3H2,1H3,(H,7,9). The van der Waals surface area contributed by atoms with Gasteiger partial charge in [0.2, 0.25) is 5.91 Å². The van der Waals surface area contributed by atoms with Gasteiger partial charge < -0.3 is 5.32 Å². The third kappa shape index (κ3) is 2.90. The second-order valence-corrected chi connectivity index (χ2v) is 4.06. The lowest BCUT2D eigenvalue weighted by Crippen LogP contribution is -2.38. The van der Waals surface area contributed by atoms with Crippen molar-refractivity contribution in [2.75, 3.05) is 6.67 Å². The van der Waals surface area contributed by atoms with Gasteiger partial charge in [0.15, 0.2) is 0 Å². The van der Waals surface area contributed by atoms with E-state index in [9.17, 15) is 4.79 Å². The van der Waals surface area contributed by atoms with Crippen LogP contribution in [0.5, 0.6) is 0 Å². The molecule has 1 rings (SSSR count). The molecule has 6 heteroatoms. The van der Waals surface area contributed by atoms with E-state index in [4.69, 9.17) is 0 Å². The minimum absolute atomic E-state index is 0.00162. The van der Waals surface area contributed by atoms with Crippen molar-refractivity contribution in [2.45, 2.75) is 12.4 Å². The van der Waals surface area contributed by atoms with Crippen LogP contribution >= 0.6 is 23.9 Å². The molecule has 4 nitrogen and oxygen atoms in total. The number of carbonyl (C=O) groups excluding carboxylic acids is 1. The average Bonchev–Trinajstić information content (AvgIpc) is 2.34. The Morgan fingerprint density at radius 2 is 2.73 bits per heavy atom. The fourth-order valence-corrected chi connectivity index (χ4v) is 2.11. The number of amides is 1. The zero-order valence-electron chi connectivity index (χ0n) is 6.16. The van der Waals surface area contributed by atoms with E-state index in [2.05, 4.69) is 16.9 Å². The molecule has 1 aliphatic heterocycles. The number of hydrogen-bond donors (Lipinski definition) is 2. The Kier molecular flexibility index (Phi) is 3.50. The van der Waals surface area contributed by atoms with E-state index in [0.29, 0.717) is 0 Å². The summed E-state index contributed by atoms with van der Waals surface area (Å²) in [6.07, 6.45) is 3.65. The van der Waals surface area contributed by atoms with E-state index in [1.807, 2.05) is 3.71 Å². The van der Waals surface area contributed by atoms with Gasteiger partial charge in [0.05, 0.1) is 6.67 Å². The van der Waals surface area contributed by atoms with Crippen LogP contribution < -0.4 is 10.6 Å². The van der Waals surface area contributed by atoms with Crippen LogP contribution in [0.2, 0.25) is 0 Å². The minimum atomic E-state index is -0.0223. The molecule has 11 heavy (non-hydrogen) atoms. The fraction of sp³-hybridized carbons (Fsp3) is 0.600. The van der Waals surface area contributed by atoms with Gasteiger partial charge in [0.25, 0.3) is 0 Å². The monoisotopic (exact) mass is 192 g/mol. The SMILES string of the molecule is [CH2]SN1CNC(NC(C)=O)S1. The lowest BCUT2D eigenvalue weighted by atomic mass is 10.7. The maximum Gasteiger partial charge on any atom is 0.218 e. The maximum absolute atomic E-state index is 10.6. The molecule has 63 valence electrons. The van der Waals surface area contributed by atoms with Gasteiger partial charge in [0.1, 0.15) is 5.50 Å². The van der Waals surface area contributed by atoms with Gasteiger partial charge in [0, 0.05) is 13.2 Å². The second kappa shape index (κ2) is 4.20. The lowest BCUT2D eigenvalue weighted by Gasteiger charge is -2.09. The Morgan fingerprint density at radius 1 is 2.00 bits per heavy atom. The van der Waals surface area contributed by atoms with Crippen molar-refractivity contribution in [3.05, 3.63) is 6.26 Å². The van der Waals surface area contributed by atoms with Gasteiger partial charge >= 0.3 is 0 Å². The van der Waals surface area contributed by atoms with Crippen molar-refractivity contribution in [1.29, 1.82) is 0 Å². The second-order valence-electron chi connectivity index (χ2n) is 2.01. The van der Waals surface area contributed by atoms with Gasteiger partial charge in [-0.2, -0.15) is 3.71 Å². The molecule has 2 N–H and O–H groups in total. The zero-order chi connectivity index (χ0) is 8.27. The van der Waals surface area contributed by atoms with Gasteiger partial charge in [-0.15, -0.1) is 0 Å². The summed E-state index contributed by atoms with van der Waals surface area (Å²) >= 11 is 2.93.